The molecule has 4 rings (SSSR count). The predicted molar refractivity (Wildman–Crippen MR) is 145 cm³/mol. The van der Waals surface area contributed by atoms with E-state index in [-0.39, 0.29) is 17.6 Å². The Morgan fingerprint density at radius 2 is 1.92 bits per heavy atom. The molecule has 1 amide bonds. The quantitative estimate of drug-likeness (QED) is 0.263. The Balaban J connectivity index is 1.37. The van der Waals surface area contributed by atoms with E-state index in [4.69, 9.17) is 26.1 Å². The minimum Gasteiger partial charge on any atom is -0.508 e. The number of ether oxygens (including phenoxy) is 2. The van der Waals surface area contributed by atoms with Crippen LogP contribution in [0.15, 0.2) is 60.7 Å². The molecule has 0 spiro atoms. The van der Waals surface area contributed by atoms with Crippen LogP contribution in [0.4, 0.5) is 0 Å². The second kappa shape index (κ2) is 12.0. The number of methoxy groups -OCH3 is 2. The van der Waals surface area contributed by atoms with Crippen molar-refractivity contribution in [2.75, 3.05) is 14.2 Å². The number of phenols is 1. The summed E-state index contributed by atoms with van der Waals surface area (Å²) in [6, 6.07) is 18.8. The Morgan fingerprint density at radius 1 is 1.11 bits per heavy atom. The Morgan fingerprint density at radius 3 is 2.68 bits per heavy atom. The van der Waals surface area contributed by atoms with Crippen LogP contribution in [0.5, 0.6) is 17.2 Å². The SMILES string of the molecule is COc1ccc(CC(C)CCC(=O)NCc2nc3ccccc3n2Cc2cccc(O)c2)c(Cl)c1OC. The van der Waals surface area contributed by atoms with Crippen LogP contribution in [-0.2, 0) is 24.3 Å². The van der Waals surface area contributed by atoms with E-state index in [0.717, 1.165) is 40.8 Å². The molecule has 194 valence electrons. The fourth-order valence-electron chi connectivity index (χ4n) is 4.48. The number of halogens is 1. The Hall–Kier alpha value is -3.71. The van der Waals surface area contributed by atoms with Gasteiger partial charge in [0.15, 0.2) is 11.5 Å². The smallest absolute Gasteiger partial charge is 0.220 e. The molecule has 4 aromatic rings. The summed E-state index contributed by atoms with van der Waals surface area (Å²) in [5.74, 6) is 2.33. The van der Waals surface area contributed by atoms with Gasteiger partial charge in [0.1, 0.15) is 11.6 Å². The molecule has 1 atom stereocenters. The molecule has 0 bridgehead atoms. The first kappa shape index (κ1) is 26.4. The fraction of sp³-hybridized carbons (Fsp3) is 0.310. The Labute approximate surface area is 222 Å². The summed E-state index contributed by atoms with van der Waals surface area (Å²) in [5, 5.41) is 13.4. The molecule has 2 N–H and O–H groups in total. The first-order chi connectivity index (χ1) is 17.9. The molecule has 0 saturated heterocycles. The number of aromatic nitrogens is 2. The van der Waals surface area contributed by atoms with Crippen molar-refractivity contribution in [3.05, 3.63) is 82.6 Å². The zero-order valence-electron chi connectivity index (χ0n) is 21.3. The molecular formula is C29H32ClN3O4. The van der Waals surface area contributed by atoms with Crippen LogP contribution in [0.25, 0.3) is 11.0 Å². The summed E-state index contributed by atoms with van der Waals surface area (Å²) < 4.78 is 12.8. The first-order valence-electron chi connectivity index (χ1n) is 12.3. The summed E-state index contributed by atoms with van der Waals surface area (Å²) in [6.07, 6.45) is 1.85. The van der Waals surface area contributed by atoms with Crippen molar-refractivity contribution in [3.8, 4) is 17.2 Å². The highest BCUT2D eigenvalue weighted by atomic mass is 35.5. The zero-order valence-corrected chi connectivity index (χ0v) is 22.1. The van der Waals surface area contributed by atoms with Gasteiger partial charge in [-0.3, -0.25) is 4.79 Å². The molecule has 1 unspecified atom stereocenters. The fourth-order valence-corrected chi connectivity index (χ4v) is 4.79. The average molecular weight is 522 g/mol. The highest BCUT2D eigenvalue weighted by Crippen LogP contribution is 2.38. The van der Waals surface area contributed by atoms with Crippen LogP contribution >= 0.6 is 11.6 Å². The summed E-state index contributed by atoms with van der Waals surface area (Å²) in [7, 11) is 3.15. The molecule has 37 heavy (non-hydrogen) atoms. The first-order valence-corrected chi connectivity index (χ1v) is 12.7. The topological polar surface area (TPSA) is 85.6 Å². The minimum atomic E-state index is -0.0266. The van der Waals surface area contributed by atoms with E-state index in [1.165, 1.54) is 0 Å². The lowest BCUT2D eigenvalue weighted by atomic mass is 9.96. The molecule has 1 heterocycles. The Bertz CT molecular complexity index is 1390. The number of hydrogen-bond acceptors (Lipinski definition) is 5. The van der Waals surface area contributed by atoms with Crippen molar-refractivity contribution in [2.45, 2.75) is 39.3 Å². The normalized spacial score (nSPS) is 11.9. The molecule has 7 nitrogen and oxygen atoms in total. The molecule has 1 aromatic heterocycles. The lowest BCUT2D eigenvalue weighted by molar-refractivity contribution is -0.121. The third-order valence-corrected chi connectivity index (χ3v) is 6.84. The second-order valence-corrected chi connectivity index (χ2v) is 9.55. The van der Waals surface area contributed by atoms with Crippen LogP contribution in [0, 0.1) is 5.92 Å². The molecule has 8 heteroatoms. The van der Waals surface area contributed by atoms with Crippen molar-refractivity contribution in [2.24, 2.45) is 5.92 Å². The van der Waals surface area contributed by atoms with E-state index in [2.05, 4.69) is 16.8 Å². The molecule has 0 radical (unpaired) electrons. The van der Waals surface area contributed by atoms with Gasteiger partial charge in [0.05, 0.1) is 36.8 Å². The highest BCUT2D eigenvalue weighted by Gasteiger charge is 2.17. The van der Waals surface area contributed by atoms with Gasteiger partial charge in [-0.25, -0.2) is 4.98 Å². The maximum atomic E-state index is 12.7. The summed E-state index contributed by atoms with van der Waals surface area (Å²) in [5.41, 5.74) is 3.77. The molecule has 0 saturated carbocycles. The molecular weight excluding hydrogens is 490 g/mol. The molecule has 0 fully saturated rings. The van der Waals surface area contributed by atoms with Crippen LogP contribution in [0.1, 0.15) is 36.7 Å². The summed E-state index contributed by atoms with van der Waals surface area (Å²) >= 11 is 6.52. The van der Waals surface area contributed by atoms with Gasteiger partial charge in [0.25, 0.3) is 0 Å². The van der Waals surface area contributed by atoms with E-state index in [1.54, 1.807) is 26.4 Å². The maximum absolute atomic E-state index is 12.7. The van der Waals surface area contributed by atoms with Gasteiger partial charge < -0.3 is 24.5 Å². The van der Waals surface area contributed by atoms with Crippen molar-refractivity contribution in [3.63, 3.8) is 0 Å². The minimum absolute atomic E-state index is 0.0266. The van der Waals surface area contributed by atoms with Crippen LogP contribution < -0.4 is 14.8 Å². The number of imidazole rings is 1. The number of benzene rings is 3. The van der Waals surface area contributed by atoms with E-state index in [0.29, 0.717) is 36.0 Å². The largest absolute Gasteiger partial charge is 0.508 e. The van der Waals surface area contributed by atoms with E-state index in [9.17, 15) is 9.90 Å². The number of para-hydroxylation sites is 2. The van der Waals surface area contributed by atoms with Gasteiger partial charge in [-0.2, -0.15) is 0 Å². The number of rotatable bonds is 11. The number of phenolic OH excluding ortho intramolecular Hbond substituents is 1. The number of nitrogens with one attached hydrogen (secondary N) is 1. The summed E-state index contributed by atoms with van der Waals surface area (Å²) in [4.78, 5) is 17.5. The predicted octanol–water partition coefficient (Wildman–Crippen LogP) is 5.74. The second-order valence-electron chi connectivity index (χ2n) is 9.17. The van der Waals surface area contributed by atoms with Crippen molar-refractivity contribution >= 4 is 28.5 Å². The molecule has 0 aliphatic rings. The lowest BCUT2D eigenvalue weighted by Crippen LogP contribution is -2.25. The van der Waals surface area contributed by atoms with E-state index >= 15 is 0 Å². The van der Waals surface area contributed by atoms with E-state index < -0.39 is 0 Å². The average Bonchev–Trinajstić information content (AvgIpc) is 3.24. The number of hydrogen-bond donors (Lipinski definition) is 2. The van der Waals surface area contributed by atoms with Crippen molar-refractivity contribution in [1.29, 1.82) is 0 Å². The van der Waals surface area contributed by atoms with E-state index in [1.807, 2.05) is 48.5 Å². The third kappa shape index (κ3) is 6.35. The summed E-state index contributed by atoms with van der Waals surface area (Å²) in [6.45, 7) is 2.97. The standard InChI is InChI=1S/C29H32ClN3O4/c1-19(15-21-12-13-25(36-2)29(37-3)28(21)30)11-14-27(35)31-17-26-32-23-9-4-5-10-24(23)33(26)18-20-7-6-8-22(34)16-20/h4-10,12-13,16,19,34H,11,14-15,17-18H2,1-3H3,(H,31,35). The monoisotopic (exact) mass is 521 g/mol. The van der Waals surface area contributed by atoms with Crippen LogP contribution in [0.2, 0.25) is 5.02 Å². The van der Waals surface area contributed by atoms with Gasteiger partial charge in [-0.05, 0) is 60.2 Å². The van der Waals surface area contributed by atoms with Gasteiger partial charge in [-0.15, -0.1) is 0 Å². The molecule has 0 aliphatic heterocycles. The number of aromatic hydroxyl groups is 1. The van der Waals surface area contributed by atoms with Crippen molar-refractivity contribution in [1.82, 2.24) is 14.9 Å². The Kier molecular flexibility index (Phi) is 8.56. The number of nitrogens with zero attached hydrogens (tertiary/aromatic N) is 2. The number of amides is 1. The number of carbonyl (C=O) groups is 1. The number of carbonyl (C=O) groups excluding carboxylic acids is 1. The molecule has 3 aromatic carbocycles. The number of fused-ring (bicyclic) bond motifs is 1. The van der Waals surface area contributed by atoms with Gasteiger partial charge in [-0.1, -0.05) is 48.9 Å². The zero-order chi connectivity index (χ0) is 26.4. The lowest BCUT2D eigenvalue weighted by Gasteiger charge is -2.16. The van der Waals surface area contributed by atoms with Gasteiger partial charge >= 0.3 is 0 Å². The molecule has 0 aliphatic carbocycles. The van der Waals surface area contributed by atoms with Gasteiger partial charge in [0, 0.05) is 13.0 Å². The third-order valence-electron chi connectivity index (χ3n) is 6.43. The van der Waals surface area contributed by atoms with Crippen molar-refractivity contribution < 1.29 is 19.4 Å². The van der Waals surface area contributed by atoms with Crippen LogP contribution in [-0.4, -0.2) is 34.8 Å². The highest BCUT2D eigenvalue weighted by molar-refractivity contribution is 6.33. The van der Waals surface area contributed by atoms with Gasteiger partial charge in [0.2, 0.25) is 5.91 Å². The maximum Gasteiger partial charge on any atom is 0.220 e. The van der Waals surface area contributed by atoms with Crippen LogP contribution in [0.3, 0.4) is 0 Å².